The van der Waals surface area contributed by atoms with Gasteiger partial charge in [-0.3, -0.25) is 0 Å². The Kier molecular flexibility index (Phi) is 3.12. The summed E-state index contributed by atoms with van der Waals surface area (Å²) in [5.41, 5.74) is 1.67. The number of aliphatic hydroxyl groups is 1. The second-order valence-corrected chi connectivity index (χ2v) is 4.34. The van der Waals surface area contributed by atoms with E-state index in [1.165, 1.54) is 0 Å². The van der Waals surface area contributed by atoms with Gasteiger partial charge in [-0.05, 0) is 37.5 Å². The number of nitrogens with zero attached hydrogens (tertiary/aromatic N) is 2. The van der Waals surface area contributed by atoms with Crippen LogP contribution in [-0.4, -0.2) is 24.3 Å². The zero-order valence-electron chi connectivity index (χ0n) is 9.43. The highest BCUT2D eigenvalue weighted by atomic mass is 16.3. The van der Waals surface area contributed by atoms with Crippen LogP contribution in [0.15, 0.2) is 24.3 Å². The Hall–Kier alpha value is -1.53. The highest BCUT2D eigenvalue weighted by Crippen LogP contribution is 2.27. The van der Waals surface area contributed by atoms with E-state index in [4.69, 9.17) is 5.26 Å². The summed E-state index contributed by atoms with van der Waals surface area (Å²) < 4.78 is 0. The standard InChI is InChI=1S/C13H16N2O/c1-15(12-6-3-7-13(12)16)11-5-2-4-10(8-11)9-14/h2,4-5,8,12-13,16H,3,6-7H2,1H3/t12-,13-/m1/s1. The molecule has 0 aliphatic heterocycles. The van der Waals surface area contributed by atoms with Crippen molar-refractivity contribution < 1.29 is 5.11 Å². The molecule has 0 heterocycles. The van der Waals surface area contributed by atoms with Crippen molar-refractivity contribution in [2.45, 2.75) is 31.4 Å². The third-order valence-corrected chi connectivity index (χ3v) is 3.32. The Morgan fingerprint density at radius 3 is 2.88 bits per heavy atom. The molecule has 3 nitrogen and oxygen atoms in total. The third-order valence-electron chi connectivity index (χ3n) is 3.32. The lowest BCUT2D eigenvalue weighted by Crippen LogP contribution is -2.37. The third kappa shape index (κ3) is 2.02. The van der Waals surface area contributed by atoms with E-state index in [-0.39, 0.29) is 12.1 Å². The van der Waals surface area contributed by atoms with Crippen molar-refractivity contribution in [1.29, 1.82) is 5.26 Å². The molecule has 0 spiro atoms. The first-order chi connectivity index (χ1) is 7.72. The van der Waals surface area contributed by atoms with Gasteiger partial charge in [-0.25, -0.2) is 0 Å². The number of likely N-dealkylation sites (N-methyl/N-ethyl adjacent to an activating group) is 1. The number of benzene rings is 1. The fourth-order valence-electron chi connectivity index (χ4n) is 2.36. The summed E-state index contributed by atoms with van der Waals surface area (Å²) in [4.78, 5) is 2.08. The van der Waals surface area contributed by atoms with Gasteiger partial charge in [-0.15, -0.1) is 0 Å². The van der Waals surface area contributed by atoms with Crippen LogP contribution in [0.2, 0.25) is 0 Å². The van der Waals surface area contributed by atoms with Crippen molar-refractivity contribution in [1.82, 2.24) is 0 Å². The van der Waals surface area contributed by atoms with E-state index in [1.54, 1.807) is 6.07 Å². The van der Waals surface area contributed by atoms with Crippen LogP contribution in [0.4, 0.5) is 5.69 Å². The molecule has 1 aliphatic carbocycles. The number of hydrogen-bond donors (Lipinski definition) is 1. The average Bonchev–Trinajstić information content (AvgIpc) is 2.74. The fourth-order valence-corrected chi connectivity index (χ4v) is 2.36. The Balaban J connectivity index is 2.20. The van der Waals surface area contributed by atoms with Gasteiger partial charge in [-0.2, -0.15) is 5.26 Å². The Labute approximate surface area is 95.9 Å². The molecule has 0 saturated heterocycles. The predicted molar refractivity (Wildman–Crippen MR) is 63.2 cm³/mol. The van der Waals surface area contributed by atoms with E-state index in [0.717, 1.165) is 24.9 Å². The SMILES string of the molecule is CN(c1cccc(C#N)c1)[C@@H]1CCC[C@H]1O. The number of aliphatic hydroxyl groups excluding tert-OH is 1. The van der Waals surface area contributed by atoms with Crippen LogP contribution in [0.5, 0.6) is 0 Å². The highest BCUT2D eigenvalue weighted by molar-refractivity contribution is 5.52. The normalized spacial score (nSPS) is 24.1. The van der Waals surface area contributed by atoms with Gasteiger partial charge in [0, 0.05) is 12.7 Å². The van der Waals surface area contributed by atoms with Gasteiger partial charge in [0.1, 0.15) is 0 Å². The quantitative estimate of drug-likeness (QED) is 0.821. The highest BCUT2D eigenvalue weighted by Gasteiger charge is 2.28. The van der Waals surface area contributed by atoms with Gasteiger partial charge < -0.3 is 10.0 Å². The first kappa shape index (κ1) is 11.0. The van der Waals surface area contributed by atoms with Crippen LogP contribution >= 0.6 is 0 Å². The first-order valence-corrected chi connectivity index (χ1v) is 5.63. The van der Waals surface area contributed by atoms with Crippen molar-refractivity contribution in [3.05, 3.63) is 29.8 Å². The average molecular weight is 216 g/mol. The summed E-state index contributed by atoms with van der Waals surface area (Å²) >= 11 is 0. The van der Waals surface area contributed by atoms with Crippen LogP contribution in [0.25, 0.3) is 0 Å². The second kappa shape index (κ2) is 4.54. The van der Waals surface area contributed by atoms with Crippen LogP contribution in [0, 0.1) is 11.3 Å². The zero-order valence-corrected chi connectivity index (χ0v) is 9.43. The molecule has 0 aromatic heterocycles. The lowest BCUT2D eigenvalue weighted by molar-refractivity contribution is 0.163. The van der Waals surface area contributed by atoms with Gasteiger partial charge in [0.15, 0.2) is 0 Å². The second-order valence-electron chi connectivity index (χ2n) is 4.34. The molecule has 1 aromatic rings. The maximum atomic E-state index is 9.84. The molecule has 0 amide bonds. The summed E-state index contributed by atoms with van der Waals surface area (Å²) in [5.74, 6) is 0. The first-order valence-electron chi connectivity index (χ1n) is 5.63. The van der Waals surface area contributed by atoms with Crippen LogP contribution in [0.3, 0.4) is 0 Å². The molecule has 0 bridgehead atoms. The van der Waals surface area contributed by atoms with Crippen molar-refractivity contribution in [2.75, 3.05) is 11.9 Å². The van der Waals surface area contributed by atoms with E-state index in [9.17, 15) is 5.11 Å². The predicted octanol–water partition coefficient (Wildman–Crippen LogP) is 1.91. The minimum Gasteiger partial charge on any atom is -0.391 e. The summed E-state index contributed by atoms with van der Waals surface area (Å²) in [6.07, 6.45) is 2.74. The number of anilines is 1. The fraction of sp³-hybridized carbons (Fsp3) is 0.462. The topological polar surface area (TPSA) is 47.3 Å². The molecule has 1 aliphatic rings. The van der Waals surface area contributed by atoms with E-state index >= 15 is 0 Å². The van der Waals surface area contributed by atoms with E-state index in [0.29, 0.717) is 5.56 Å². The Bertz CT molecular complexity index is 411. The van der Waals surface area contributed by atoms with Gasteiger partial charge >= 0.3 is 0 Å². The molecular weight excluding hydrogens is 200 g/mol. The Morgan fingerprint density at radius 1 is 1.44 bits per heavy atom. The minimum absolute atomic E-state index is 0.189. The van der Waals surface area contributed by atoms with Crippen LogP contribution < -0.4 is 4.90 Å². The smallest absolute Gasteiger partial charge is 0.0992 e. The molecular formula is C13H16N2O. The van der Waals surface area contributed by atoms with Gasteiger partial charge in [0.2, 0.25) is 0 Å². The maximum absolute atomic E-state index is 9.84. The molecule has 1 N–H and O–H groups in total. The van der Waals surface area contributed by atoms with Crippen molar-refractivity contribution in [2.24, 2.45) is 0 Å². The summed E-state index contributed by atoms with van der Waals surface area (Å²) in [6.45, 7) is 0. The largest absolute Gasteiger partial charge is 0.391 e. The molecule has 0 unspecified atom stereocenters. The molecule has 1 saturated carbocycles. The molecule has 2 atom stereocenters. The van der Waals surface area contributed by atoms with Gasteiger partial charge in [0.25, 0.3) is 0 Å². The number of rotatable bonds is 2. The summed E-state index contributed by atoms with van der Waals surface area (Å²) in [7, 11) is 1.98. The molecule has 2 rings (SSSR count). The molecule has 1 fully saturated rings. The van der Waals surface area contributed by atoms with E-state index in [1.807, 2.05) is 25.2 Å². The van der Waals surface area contributed by atoms with Crippen LogP contribution in [-0.2, 0) is 0 Å². The molecule has 16 heavy (non-hydrogen) atoms. The monoisotopic (exact) mass is 216 g/mol. The molecule has 3 heteroatoms. The number of nitriles is 1. The van der Waals surface area contributed by atoms with Crippen molar-refractivity contribution >= 4 is 5.69 Å². The van der Waals surface area contributed by atoms with E-state index in [2.05, 4.69) is 11.0 Å². The number of hydrogen-bond acceptors (Lipinski definition) is 3. The summed E-state index contributed by atoms with van der Waals surface area (Å²) in [5, 5.41) is 18.7. The van der Waals surface area contributed by atoms with Crippen molar-refractivity contribution in [3.63, 3.8) is 0 Å². The molecule has 1 aromatic carbocycles. The minimum atomic E-state index is -0.240. The molecule has 0 radical (unpaired) electrons. The lowest BCUT2D eigenvalue weighted by atomic mass is 10.1. The van der Waals surface area contributed by atoms with Crippen molar-refractivity contribution in [3.8, 4) is 6.07 Å². The van der Waals surface area contributed by atoms with Gasteiger partial charge in [0.05, 0.1) is 23.8 Å². The summed E-state index contributed by atoms with van der Waals surface area (Å²) in [6, 6.07) is 9.84. The van der Waals surface area contributed by atoms with E-state index < -0.39 is 0 Å². The Morgan fingerprint density at radius 2 is 2.25 bits per heavy atom. The van der Waals surface area contributed by atoms with Gasteiger partial charge in [-0.1, -0.05) is 6.07 Å². The molecule has 84 valence electrons. The van der Waals surface area contributed by atoms with Crippen LogP contribution in [0.1, 0.15) is 24.8 Å². The lowest BCUT2D eigenvalue weighted by Gasteiger charge is -2.29. The zero-order chi connectivity index (χ0) is 11.5. The maximum Gasteiger partial charge on any atom is 0.0992 e.